The summed E-state index contributed by atoms with van der Waals surface area (Å²) in [6, 6.07) is 9.83. The number of carbonyl (C=O) groups is 5. The maximum absolute atomic E-state index is 15.1. The number of nitrogens with two attached hydrogens (primary N) is 1. The number of alkyl halides is 3. The Morgan fingerprint density at radius 3 is 2.35 bits per heavy atom. The molecule has 1 aromatic heterocycles. The first kappa shape index (κ1) is 34.3. The number of methoxy groups -OCH3 is 1. The van der Waals surface area contributed by atoms with Gasteiger partial charge >= 0.3 is 12.2 Å². The molecule has 264 valence electrons. The van der Waals surface area contributed by atoms with Crippen molar-refractivity contribution in [1.29, 1.82) is 0 Å². The van der Waals surface area contributed by atoms with Gasteiger partial charge in [-0.25, -0.2) is 9.78 Å². The van der Waals surface area contributed by atoms with Crippen LogP contribution in [0.1, 0.15) is 35.4 Å². The summed E-state index contributed by atoms with van der Waals surface area (Å²) >= 11 is 12.4. The number of phenols is 1. The van der Waals surface area contributed by atoms with Crippen molar-refractivity contribution in [3.05, 3.63) is 93.1 Å². The molecular formula is C34H26Cl2F3N5O7. The van der Waals surface area contributed by atoms with Crippen molar-refractivity contribution in [2.45, 2.75) is 30.4 Å². The van der Waals surface area contributed by atoms with E-state index in [1.54, 1.807) is 18.2 Å². The molecule has 2 aliphatic carbocycles. The van der Waals surface area contributed by atoms with E-state index in [2.05, 4.69) is 10.4 Å². The van der Waals surface area contributed by atoms with Gasteiger partial charge in [-0.15, -0.1) is 0 Å². The summed E-state index contributed by atoms with van der Waals surface area (Å²) in [5.41, 5.74) is 5.82. The number of pyridine rings is 1. The number of imide groups is 4. The van der Waals surface area contributed by atoms with Crippen LogP contribution in [0.25, 0.3) is 0 Å². The quantitative estimate of drug-likeness (QED) is 0.235. The normalized spacial score (nSPS) is 27.2. The molecule has 6 atom stereocenters. The maximum atomic E-state index is 15.1. The Balaban J connectivity index is 1.45. The summed E-state index contributed by atoms with van der Waals surface area (Å²) in [5.74, 6) is -9.34. The number of urea groups is 1. The Hall–Kier alpha value is -5.15. The Morgan fingerprint density at radius 1 is 1.04 bits per heavy atom. The van der Waals surface area contributed by atoms with Crippen LogP contribution in [-0.4, -0.2) is 56.8 Å². The molecule has 2 aliphatic heterocycles. The fraction of sp³-hybridized carbons (Fsp3) is 0.294. The van der Waals surface area contributed by atoms with E-state index in [1.165, 1.54) is 37.4 Å². The van der Waals surface area contributed by atoms with Crippen LogP contribution < -0.4 is 15.9 Å². The lowest BCUT2D eigenvalue weighted by Crippen LogP contribution is -2.53. The van der Waals surface area contributed by atoms with Gasteiger partial charge in [-0.05, 0) is 48.6 Å². The minimum absolute atomic E-state index is 0.0190. The number of nitrogens with one attached hydrogen (secondary N) is 1. The van der Waals surface area contributed by atoms with Crippen molar-refractivity contribution in [1.82, 2.24) is 14.9 Å². The number of primary amides is 1. The Morgan fingerprint density at radius 2 is 1.75 bits per heavy atom. The third kappa shape index (κ3) is 5.04. The summed E-state index contributed by atoms with van der Waals surface area (Å²) in [6.07, 6.45) is -2.81. The molecule has 12 nitrogen and oxygen atoms in total. The highest BCUT2D eigenvalue weighted by Crippen LogP contribution is 2.65. The van der Waals surface area contributed by atoms with Crippen molar-refractivity contribution < 1.29 is 47.0 Å². The lowest BCUT2D eigenvalue weighted by molar-refractivity contribution is -0.140. The Kier molecular flexibility index (Phi) is 8.06. The monoisotopic (exact) mass is 743 g/mol. The van der Waals surface area contributed by atoms with E-state index in [4.69, 9.17) is 33.7 Å². The molecular weight excluding hydrogens is 718 g/mol. The highest BCUT2D eigenvalue weighted by molar-refractivity contribution is 6.33. The summed E-state index contributed by atoms with van der Waals surface area (Å²) in [7, 11) is 1.39. The van der Waals surface area contributed by atoms with Crippen LogP contribution >= 0.6 is 23.2 Å². The number of hydrazine groups is 1. The van der Waals surface area contributed by atoms with E-state index in [1.807, 2.05) is 0 Å². The van der Waals surface area contributed by atoms with E-state index in [9.17, 15) is 37.5 Å². The number of phenolic OH excluding ortho intramolecular Hbond substituents is 1. The molecule has 3 heterocycles. The van der Waals surface area contributed by atoms with Gasteiger partial charge in [0.15, 0.2) is 5.82 Å². The second-order valence-electron chi connectivity index (χ2n) is 12.7. The molecule has 0 spiro atoms. The third-order valence-corrected chi connectivity index (χ3v) is 10.9. The molecule has 2 aromatic carbocycles. The van der Waals surface area contributed by atoms with Crippen LogP contribution in [-0.2, 0) is 30.8 Å². The molecule has 4 N–H and O–H groups in total. The summed E-state index contributed by atoms with van der Waals surface area (Å²) in [6.45, 7) is 0. The van der Waals surface area contributed by atoms with Gasteiger partial charge in [0.2, 0.25) is 11.8 Å². The van der Waals surface area contributed by atoms with Gasteiger partial charge in [0.25, 0.3) is 11.8 Å². The highest BCUT2D eigenvalue weighted by Gasteiger charge is 2.71. The number of aromatic hydroxyl groups is 1. The van der Waals surface area contributed by atoms with E-state index in [0.717, 1.165) is 0 Å². The van der Waals surface area contributed by atoms with Crippen LogP contribution in [0, 0.1) is 23.7 Å². The number of fused-ring (bicyclic) bond motifs is 4. The average Bonchev–Trinajstić information content (AvgIpc) is 3.46. The smallest absolute Gasteiger partial charge is 0.417 e. The zero-order valence-electron chi connectivity index (χ0n) is 26.3. The molecule has 3 fully saturated rings. The average molecular weight is 745 g/mol. The van der Waals surface area contributed by atoms with Crippen LogP contribution in [0.3, 0.4) is 0 Å². The number of allylic oxidation sites excluding steroid dienone is 2. The van der Waals surface area contributed by atoms with Crippen LogP contribution in [0.15, 0.2) is 66.4 Å². The number of halogens is 5. The minimum Gasteiger partial charge on any atom is -0.508 e. The molecule has 2 saturated heterocycles. The third-order valence-electron chi connectivity index (χ3n) is 10.3. The number of rotatable bonds is 5. The predicted octanol–water partition coefficient (Wildman–Crippen LogP) is 5.19. The first-order valence-electron chi connectivity index (χ1n) is 15.5. The fourth-order valence-electron chi connectivity index (χ4n) is 8.24. The SMILES string of the molecule is COc1ccc([C@H]2C3=CC[C@@H]4C(=O)N(C(N)=O)C(=O)[C@@H]4[C@@H]3C[C@H]3C(=O)N(Nc4ncc(C(F)(F)F)cc4Cl)C(=O)[C@@]23c2ccc(Cl)cc2)c(O)c1. The van der Waals surface area contributed by atoms with E-state index < -0.39 is 87.2 Å². The number of nitrogens with zero attached hydrogens (tertiary/aromatic N) is 3. The summed E-state index contributed by atoms with van der Waals surface area (Å²) in [4.78, 5) is 73.1. The molecule has 17 heteroatoms. The Bertz CT molecular complexity index is 2080. The molecule has 0 bridgehead atoms. The molecule has 7 rings (SSSR count). The topological polar surface area (TPSA) is 172 Å². The first-order chi connectivity index (χ1) is 24.1. The number of likely N-dealkylation sites (tertiary alicyclic amines) is 1. The van der Waals surface area contributed by atoms with Gasteiger partial charge in [-0.3, -0.25) is 24.6 Å². The van der Waals surface area contributed by atoms with E-state index in [-0.39, 0.29) is 29.9 Å². The largest absolute Gasteiger partial charge is 0.508 e. The molecule has 0 radical (unpaired) electrons. The molecule has 51 heavy (non-hydrogen) atoms. The van der Waals surface area contributed by atoms with Gasteiger partial charge in [0.05, 0.1) is 40.9 Å². The van der Waals surface area contributed by atoms with E-state index >= 15 is 4.79 Å². The zero-order valence-corrected chi connectivity index (χ0v) is 27.8. The van der Waals surface area contributed by atoms with Gasteiger partial charge in [0.1, 0.15) is 11.5 Å². The van der Waals surface area contributed by atoms with Crippen LogP contribution in [0.4, 0.5) is 23.8 Å². The molecule has 6 amide bonds. The maximum Gasteiger partial charge on any atom is 0.417 e. The summed E-state index contributed by atoms with van der Waals surface area (Å²) < 4.78 is 45.4. The van der Waals surface area contributed by atoms with E-state index in [0.29, 0.717) is 38.3 Å². The van der Waals surface area contributed by atoms with Crippen LogP contribution in [0.5, 0.6) is 11.5 Å². The molecule has 3 aromatic rings. The lowest BCUT2D eigenvalue weighted by Gasteiger charge is -2.50. The summed E-state index contributed by atoms with van der Waals surface area (Å²) in [5, 5.41) is 11.9. The fourth-order valence-corrected chi connectivity index (χ4v) is 8.57. The second-order valence-corrected chi connectivity index (χ2v) is 13.5. The van der Waals surface area contributed by atoms with Crippen molar-refractivity contribution in [2.75, 3.05) is 12.5 Å². The predicted molar refractivity (Wildman–Crippen MR) is 173 cm³/mol. The lowest BCUT2D eigenvalue weighted by atomic mass is 9.49. The first-order valence-corrected chi connectivity index (χ1v) is 16.2. The van der Waals surface area contributed by atoms with Gasteiger partial charge in [-0.2, -0.15) is 23.1 Å². The standard InChI is InChI=1S/C34H26Cl2F3N5O7/c1-51-17-6-7-19(24(45)11-17)26-18-8-9-20-25(30(48)43(28(20)46)32(40)50)21(18)12-22-29(47)44(31(49)33(22,26)14-2-4-16(35)5-3-14)42-27-23(36)10-15(13-41-27)34(37,38)39/h2-8,10-11,13,20-22,25-26,45H,9,12H2,1H3,(H2,40,50)(H,41,42)/t20-,21+,22-,25-,26+,33+/m0/s1. The minimum atomic E-state index is -4.78. The van der Waals surface area contributed by atoms with Gasteiger partial charge in [0, 0.05) is 28.8 Å². The van der Waals surface area contributed by atoms with Gasteiger partial charge in [-0.1, -0.05) is 53.1 Å². The molecule has 1 saturated carbocycles. The Labute approximate surface area is 296 Å². The number of benzene rings is 2. The van der Waals surface area contributed by atoms with Crippen molar-refractivity contribution >= 4 is 58.7 Å². The highest BCUT2D eigenvalue weighted by atomic mass is 35.5. The van der Waals surface area contributed by atoms with Crippen molar-refractivity contribution in [3.8, 4) is 11.5 Å². The number of anilines is 1. The number of ether oxygens (including phenoxy) is 1. The number of hydrogen-bond acceptors (Lipinski definition) is 9. The number of carbonyl (C=O) groups excluding carboxylic acids is 5. The van der Waals surface area contributed by atoms with Crippen molar-refractivity contribution in [3.63, 3.8) is 0 Å². The number of amides is 6. The van der Waals surface area contributed by atoms with Crippen molar-refractivity contribution in [2.24, 2.45) is 29.4 Å². The van der Waals surface area contributed by atoms with Gasteiger partial charge < -0.3 is 15.6 Å². The van der Waals surface area contributed by atoms with Crippen LogP contribution in [0.2, 0.25) is 10.0 Å². The molecule has 4 aliphatic rings. The zero-order chi connectivity index (χ0) is 36.7. The second kappa shape index (κ2) is 12.0. The number of aromatic nitrogens is 1. The molecule has 0 unspecified atom stereocenters. The number of hydrogen-bond donors (Lipinski definition) is 3.